The van der Waals surface area contributed by atoms with E-state index >= 15 is 0 Å². The van der Waals surface area contributed by atoms with Crippen LogP contribution in [-0.2, 0) is 16.5 Å². The summed E-state index contributed by atoms with van der Waals surface area (Å²) < 4.78 is 33.7. The van der Waals surface area contributed by atoms with Crippen LogP contribution >= 0.6 is 0 Å². The van der Waals surface area contributed by atoms with E-state index in [2.05, 4.69) is 29.2 Å². The molecular weight excluding hydrogens is 376 g/mol. The van der Waals surface area contributed by atoms with E-state index in [1.54, 1.807) is 6.07 Å². The molecular formula is C21H26N2O4S. The highest BCUT2D eigenvalue weighted by Gasteiger charge is 2.38. The molecule has 0 aliphatic carbocycles. The lowest BCUT2D eigenvalue weighted by atomic mass is 9.78. The Hall–Kier alpha value is -2.09. The Morgan fingerprint density at radius 2 is 1.89 bits per heavy atom. The summed E-state index contributed by atoms with van der Waals surface area (Å²) in [6.07, 6.45) is 2.73. The molecule has 1 saturated heterocycles. The predicted octanol–water partition coefficient (Wildman–Crippen LogP) is 2.45. The van der Waals surface area contributed by atoms with Gasteiger partial charge in [-0.3, -0.25) is 4.90 Å². The molecule has 7 heteroatoms. The lowest BCUT2D eigenvalue weighted by Crippen LogP contribution is -2.49. The van der Waals surface area contributed by atoms with Gasteiger partial charge in [0.05, 0.1) is 13.4 Å². The van der Waals surface area contributed by atoms with Gasteiger partial charge in [0.1, 0.15) is 0 Å². The van der Waals surface area contributed by atoms with Gasteiger partial charge in [0.2, 0.25) is 0 Å². The number of piperidine rings is 1. The van der Waals surface area contributed by atoms with Gasteiger partial charge in [0, 0.05) is 31.1 Å². The Kier molecular flexibility index (Phi) is 5.07. The number of methoxy groups -OCH3 is 1. The Balaban J connectivity index is 1.65. The van der Waals surface area contributed by atoms with Crippen LogP contribution in [-0.4, -0.2) is 45.8 Å². The van der Waals surface area contributed by atoms with Crippen molar-refractivity contribution < 1.29 is 17.3 Å². The van der Waals surface area contributed by atoms with Crippen LogP contribution in [0, 0.1) is 0 Å². The van der Waals surface area contributed by atoms with E-state index in [9.17, 15) is 8.42 Å². The molecule has 2 N–H and O–H groups in total. The van der Waals surface area contributed by atoms with Gasteiger partial charge in [-0.05, 0) is 41.7 Å². The lowest BCUT2D eigenvalue weighted by Gasteiger charge is -2.46. The Morgan fingerprint density at radius 3 is 2.57 bits per heavy atom. The molecule has 2 aromatic carbocycles. The van der Waals surface area contributed by atoms with Crippen LogP contribution < -0.4 is 14.7 Å². The number of nitrogens with zero attached hydrogens (tertiary/aromatic N) is 1. The zero-order valence-corrected chi connectivity index (χ0v) is 17.0. The Morgan fingerprint density at radius 1 is 1.14 bits per heavy atom. The smallest absolute Gasteiger partial charge is 0.306 e. The van der Waals surface area contributed by atoms with Crippen LogP contribution in [0.1, 0.15) is 35.1 Å². The molecule has 0 radical (unpaired) electrons. The van der Waals surface area contributed by atoms with Crippen molar-refractivity contribution in [3.63, 3.8) is 0 Å². The second-order valence-electron chi connectivity index (χ2n) is 7.67. The van der Waals surface area contributed by atoms with Crippen molar-refractivity contribution in [2.45, 2.75) is 30.8 Å². The molecule has 2 heterocycles. The topological polar surface area (TPSA) is 81.9 Å². The van der Waals surface area contributed by atoms with Gasteiger partial charge in [-0.2, -0.15) is 8.42 Å². The third kappa shape index (κ3) is 3.74. The molecule has 4 rings (SSSR count). The highest BCUT2D eigenvalue weighted by Crippen LogP contribution is 2.44. The van der Waals surface area contributed by atoms with E-state index in [0.29, 0.717) is 11.7 Å². The molecule has 0 bridgehead atoms. The fraction of sp³-hybridized carbons (Fsp3) is 0.429. The summed E-state index contributed by atoms with van der Waals surface area (Å²) in [5, 5.41) is 0. The number of hydrogen-bond acceptors (Lipinski definition) is 6. The van der Waals surface area contributed by atoms with Gasteiger partial charge in [-0.1, -0.05) is 30.3 Å². The minimum atomic E-state index is -3.62. The SMILES string of the molecule is COc1cc2c(cc1OS(C)(=O)=O)CCN1C[C@H](c3ccccc3)[C@@H](N)C[C@@H]21. The van der Waals surface area contributed by atoms with Crippen LogP contribution in [0.15, 0.2) is 42.5 Å². The fourth-order valence-electron chi connectivity index (χ4n) is 4.51. The molecule has 6 nitrogen and oxygen atoms in total. The standard InChI is InChI=1S/C21H26N2O4S/c1-26-20-11-16-15(10-21(20)27-28(2,24)25)8-9-23-13-17(18(22)12-19(16)23)14-6-4-3-5-7-14/h3-7,10-11,17-19H,8-9,12-13,22H2,1-2H3/t17-,18+,19+/m1/s1. The molecule has 3 atom stereocenters. The lowest BCUT2D eigenvalue weighted by molar-refractivity contribution is 0.109. The third-order valence-electron chi connectivity index (χ3n) is 5.81. The third-order valence-corrected chi connectivity index (χ3v) is 6.29. The van der Waals surface area contributed by atoms with E-state index in [1.807, 2.05) is 12.1 Å². The zero-order chi connectivity index (χ0) is 19.9. The van der Waals surface area contributed by atoms with Crippen molar-refractivity contribution in [3.8, 4) is 11.5 Å². The van der Waals surface area contributed by atoms with Crippen LogP contribution in [0.3, 0.4) is 0 Å². The number of benzene rings is 2. The first-order chi connectivity index (χ1) is 13.4. The monoisotopic (exact) mass is 402 g/mol. The molecule has 1 fully saturated rings. The van der Waals surface area contributed by atoms with Gasteiger partial charge in [0.15, 0.2) is 11.5 Å². The van der Waals surface area contributed by atoms with Crippen LogP contribution in [0.2, 0.25) is 0 Å². The van der Waals surface area contributed by atoms with Crippen molar-refractivity contribution >= 4 is 10.1 Å². The molecule has 0 saturated carbocycles. The highest BCUT2D eigenvalue weighted by molar-refractivity contribution is 7.86. The molecule has 2 aromatic rings. The maximum absolute atomic E-state index is 11.6. The molecule has 0 aromatic heterocycles. The van der Waals surface area contributed by atoms with Crippen LogP contribution in [0.4, 0.5) is 0 Å². The molecule has 2 aliphatic rings. The number of nitrogens with two attached hydrogens (primary N) is 1. The summed E-state index contributed by atoms with van der Waals surface area (Å²) in [6, 6.07) is 14.5. The highest BCUT2D eigenvalue weighted by atomic mass is 32.2. The molecule has 0 unspecified atom stereocenters. The molecule has 0 amide bonds. The number of hydrogen-bond donors (Lipinski definition) is 1. The van der Waals surface area contributed by atoms with Crippen LogP contribution in [0.5, 0.6) is 11.5 Å². The molecule has 2 aliphatic heterocycles. The van der Waals surface area contributed by atoms with E-state index in [1.165, 1.54) is 12.7 Å². The van der Waals surface area contributed by atoms with Gasteiger partial charge >= 0.3 is 10.1 Å². The van der Waals surface area contributed by atoms with E-state index in [4.69, 9.17) is 14.7 Å². The Bertz CT molecular complexity index is 962. The number of rotatable bonds is 4. The van der Waals surface area contributed by atoms with Gasteiger partial charge < -0.3 is 14.7 Å². The predicted molar refractivity (Wildman–Crippen MR) is 108 cm³/mol. The van der Waals surface area contributed by atoms with Gasteiger partial charge in [-0.25, -0.2) is 0 Å². The molecule has 0 spiro atoms. The van der Waals surface area contributed by atoms with Crippen LogP contribution in [0.25, 0.3) is 0 Å². The molecule has 150 valence electrons. The summed E-state index contributed by atoms with van der Waals surface area (Å²) in [6.45, 7) is 1.83. The first-order valence-corrected chi connectivity index (χ1v) is 11.3. The van der Waals surface area contributed by atoms with E-state index in [0.717, 1.165) is 43.3 Å². The van der Waals surface area contributed by atoms with Crippen molar-refractivity contribution in [1.29, 1.82) is 0 Å². The summed E-state index contributed by atoms with van der Waals surface area (Å²) >= 11 is 0. The van der Waals surface area contributed by atoms with Crippen molar-refractivity contribution in [1.82, 2.24) is 4.90 Å². The second kappa shape index (κ2) is 7.39. The van der Waals surface area contributed by atoms with E-state index < -0.39 is 10.1 Å². The number of fused-ring (bicyclic) bond motifs is 3. The maximum Gasteiger partial charge on any atom is 0.306 e. The summed E-state index contributed by atoms with van der Waals surface area (Å²) in [7, 11) is -2.09. The summed E-state index contributed by atoms with van der Waals surface area (Å²) in [5.74, 6) is 0.998. The largest absolute Gasteiger partial charge is 0.493 e. The second-order valence-corrected chi connectivity index (χ2v) is 9.24. The van der Waals surface area contributed by atoms with Crippen molar-refractivity contribution in [2.24, 2.45) is 5.73 Å². The zero-order valence-electron chi connectivity index (χ0n) is 16.2. The van der Waals surface area contributed by atoms with Gasteiger partial charge in [0.25, 0.3) is 0 Å². The Labute approximate surface area is 166 Å². The minimum absolute atomic E-state index is 0.0625. The first kappa shape index (κ1) is 19.2. The summed E-state index contributed by atoms with van der Waals surface area (Å²) in [5.41, 5.74) is 10.1. The maximum atomic E-state index is 11.6. The van der Waals surface area contributed by atoms with E-state index in [-0.39, 0.29) is 17.8 Å². The average molecular weight is 403 g/mol. The average Bonchev–Trinajstić information content (AvgIpc) is 2.66. The molecule has 28 heavy (non-hydrogen) atoms. The summed E-state index contributed by atoms with van der Waals surface area (Å²) in [4.78, 5) is 2.49. The van der Waals surface area contributed by atoms with Crippen molar-refractivity contribution in [2.75, 3.05) is 26.5 Å². The number of ether oxygens (including phenoxy) is 1. The van der Waals surface area contributed by atoms with Crippen molar-refractivity contribution in [3.05, 3.63) is 59.2 Å². The normalized spacial score (nSPS) is 24.9. The first-order valence-electron chi connectivity index (χ1n) is 9.50. The fourth-order valence-corrected chi connectivity index (χ4v) is 4.96. The van der Waals surface area contributed by atoms with Gasteiger partial charge in [-0.15, -0.1) is 0 Å². The minimum Gasteiger partial charge on any atom is -0.493 e. The quantitative estimate of drug-likeness (QED) is 0.791.